The third-order valence-corrected chi connectivity index (χ3v) is 4.27. The van der Waals surface area contributed by atoms with Crippen LogP contribution in [0.15, 0.2) is 36.7 Å². The molecular formula is C20H26N4O2. The van der Waals surface area contributed by atoms with E-state index in [0.717, 1.165) is 18.8 Å². The lowest BCUT2D eigenvalue weighted by molar-refractivity contribution is 0.102. The van der Waals surface area contributed by atoms with Gasteiger partial charge in [0, 0.05) is 31.2 Å². The third kappa shape index (κ3) is 4.94. The van der Waals surface area contributed by atoms with Gasteiger partial charge in [0.1, 0.15) is 5.75 Å². The first kappa shape index (κ1) is 18.2. The molecule has 26 heavy (non-hydrogen) atoms. The summed E-state index contributed by atoms with van der Waals surface area (Å²) in [5, 5.41) is 2.86. The SMILES string of the molecule is CC(C)Oc1ccc(NC(=O)c2cnc(N3CCCCCC3)nc2)cc1. The Hall–Kier alpha value is -2.63. The predicted octanol–water partition coefficient (Wildman–Crippen LogP) is 3.90. The molecule has 0 spiro atoms. The van der Waals surface area contributed by atoms with Crippen LogP contribution in [-0.2, 0) is 0 Å². The topological polar surface area (TPSA) is 67.3 Å². The van der Waals surface area contributed by atoms with Crippen LogP contribution in [0.1, 0.15) is 49.9 Å². The van der Waals surface area contributed by atoms with Gasteiger partial charge in [0.15, 0.2) is 0 Å². The van der Waals surface area contributed by atoms with E-state index in [1.54, 1.807) is 12.4 Å². The Morgan fingerprint density at radius 3 is 2.23 bits per heavy atom. The van der Waals surface area contributed by atoms with Gasteiger partial charge in [-0.1, -0.05) is 12.8 Å². The lowest BCUT2D eigenvalue weighted by Crippen LogP contribution is -2.26. The van der Waals surface area contributed by atoms with Crippen molar-refractivity contribution in [2.24, 2.45) is 0 Å². The first-order chi connectivity index (χ1) is 12.6. The summed E-state index contributed by atoms with van der Waals surface area (Å²) in [6, 6.07) is 7.33. The number of ether oxygens (including phenoxy) is 1. The minimum absolute atomic E-state index is 0.121. The van der Waals surface area contributed by atoms with E-state index in [1.165, 1.54) is 25.7 Å². The van der Waals surface area contributed by atoms with Crippen LogP contribution < -0.4 is 15.0 Å². The van der Waals surface area contributed by atoms with Crippen molar-refractivity contribution in [3.05, 3.63) is 42.2 Å². The number of benzene rings is 1. The van der Waals surface area contributed by atoms with E-state index in [4.69, 9.17) is 4.74 Å². The number of carbonyl (C=O) groups is 1. The Kier molecular flexibility index (Phi) is 6.04. The maximum atomic E-state index is 12.4. The second-order valence-corrected chi connectivity index (χ2v) is 6.82. The fourth-order valence-corrected chi connectivity index (χ4v) is 2.96. The highest BCUT2D eigenvalue weighted by atomic mass is 16.5. The molecule has 1 N–H and O–H groups in total. The normalized spacial score (nSPS) is 14.8. The molecule has 1 aromatic carbocycles. The highest BCUT2D eigenvalue weighted by molar-refractivity contribution is 6.03. The zero-order chi connectivity index (χ0) is 18.4. The van der Waals surface area contributed by atoms with Crippen molar-refractivity contribution >= 4 is 17.5 Å². The zero-order valence-electron chi connectivity index (χ0n) is 15.4. The van der Waals surface area contributed by atoms with E-state index in [0.29, 0.717) is 17.2 Å². The van der Waals surface area contributed by atoms with E-state index >= 15 is 0 Å². The highest BCUT2D eigenvalue weighted by Gasteiger charge is 2.14. The molecule has 6 nitrogen and oxygen atoms in total. The molecule has 1 aromatic heterocycles. The standard InChI is InChI=1S/C20H26N4O2/c1-15(2)26-18-9-7-17(8-10-18)23-19(25)16-13-21-20(22-14-16)24-11-5-3-4-6-12-24/h7-10,13-15H,3-6,11-12H2,1-2H3,(H,23,25). The number of hydrogen-bond acceptors (Lipinski definition) is 5. The summed E-state index contributed by atoms with van der Waals surface area (Å²) in [4.78, 5) is 23.4. The van der Waals surface area contributed by atoms with Gasteiger partial charge in [0.05, 0.1) is 11.7 Å². The fourth-order valence-electron chi connectivity index (χ4n) is 2.96. The predicted molar refractivity (Wildman–Crippen MR) is 103 cm³/mol. The van der Waals surface area contributed by atoms with Gasteiger partial charge in [0.2, 0.25) is 5.95 Å². The first-order valence-electron chi connectivity index (χ1n) is 9.27. The molecule has 0 unspecified atom stereocenters. The minimum atomic E-state index is -0.218. The molecule has 2 aromatic rings. The number of amides is 1. The number of anilines is 2. The van der Waals surface area contributed by atoms with Crippen molar-refractivity contribution in [2.45, 2.75) is 45.6 Å². The molecule has 0 atom stereocenters. The number of hydrogen-bond donors (Lipinski definition) is 1. The molecule has 1 fully saturated rings. The van der Waals surface area contributed by atoms with E-state index < -0.39 is 0 Å². The van der Waals surface area contributed by atoms with Gasteiger partial charge in [-0.15, -0.1) is 0 Å². The summed E-state index contributed by atoms with van der Waals surface area (Å²) in [6.45, 7) is 5.92. The molecule has 3 rings (SSSR count). The summed E-state index contributed by atoms with van der Waals surface area (Å²) >= 11 is 0. The number of aromatic nitrogens is 2. The van der Waals surface area contributed by atoms with Crippen molar-refractivity contribution in [3.63, 3.8) is 0 Å². The molecule has 0 saturated carbocycles. The van der Waals surface area contributed by atoms with E-state index in [9.17, 15) is 4.79 Å². The second-order valence-electron chi connectivity index (χ2n) is 6.82. The van der Waals surface area contributed by atoms with Gasteiger partial charge in [-0.3, -0.25) is 4.79 Å². The van der Waals surface area contributed by atoms with Crippen molar-refractivity contribution in [1.82, 2.24) is 9.97 Å². The van der Waals surface area contributed by atoms with Crippen LogP contribution in [0, 0.1) is 0 Å². The first-order valence-corrected chi connectivity index (χ1v) is 9.27. The van der Waals surface area contributed by atoms with Crippen LogP contribution in [0.4, 0.5) is 11.6 Å². The molecule has 1 amide bonds. The van der Waals surface area contributed by atoms with Gasteiger partial charge in [0.25, 0.3) is 5.91 Å². The molecule has 0 bridgehead atoms. The van der Waals surface area contributed by atoms with Crippen molar-refractivity contribution in [1.29, 1.82) is 0 Å². The zero-order valence-corrected chi connectivity index (χ0v) is 15.4. The van der Waals surface area contributed by atoms with Crippen molar-refractivity contribution < 1.29 is 9.53 Å². The minimum Gasteiger partial charge on any atom is -0.491 e. The number of rotatable bonds is 5. The van der Waals surface area contributed by atoms with Crippen LogP contribution in [0.25, 0.3) is 0 Å². The van der Waals surface area contributed by atoms with Gasteiger partial charge in [-0.05, 0) is 51.0 Å². The maximum absolute atomic E-state index is 12.4. The molecule has 1 saturated heterocycles. The molecular weight excluding hydrogens is 328 g/mol. The molecule has 2 heterocycles. The molecule has 138 valence electrons. The second kappa shape index (κ2) is 8.65. The summed E-state index contributed by atoms with van der Waals surface area (Å²) in [5.74, 6) is 1.27. The lowest BCUT2D eigenvalue weighted by Gasteiger charge is -2.19. The van der Waals surface area contributed by atoms with E-state index in [-0.39, 0.29) is 12.0 Å². The number of nitrogens with one attached hydrogen (secondary N) is 1. The van der Waals surface area contributed by atoms with Crippen molar-refractivity contribution in [3.8, 4) is 5.75 Å². The molecule has 0 aliphatic carbocycles. The van der Waals surface area contributed by atoms with Gasteiger partial charge in [-0.25, -0.2) is 9.97 Å². The van der Waals surface area contributed by atoms with Gasteiger partial charge in [-0.2, -0.15) is 0 Å². The van der Waals surface area contributed by atoms with Gasteiger partial charge < -0.3 is 15.0 Å². The fraction of sp³-hybridized carbons (Fsp3) is 0.450. The van der Waals surface area contributed by atoms with Gasteiger partial charge >= 0.3 is 0 Å². The van der Waals surface area contributed by atoms with E-state index in [1.807, 2.05) is 38.1 Å². The third-order valence-electron chi connectivity index (χ3n) is 4.27. The van der Waals surface area contributed by atoms with E-state index in [2.05, 4.69) is 20.2 Å². The Balaban J connectivity index is 1.60. The quantitative estimate of drug-likeness (QED) is 0.882. The highest BCUT2D eigenvalue weighted by Crippen LogP contribution is 2.18. The average Bonchev–Trinajstić information content (AvgIpc) is 2.92. The largest absolute Gasteiger partial charge is 0.491 e. The number of carbonyl (C=O) groups excluding carboxylic acids is 1. The monoisotopic (exact) mass is 354 g/mol. The lowest BCUT2D eigenvalue weighted by atomic mass is 10.2. The average molecular weight is 354 g/mol. The molecule has 1 aliphatic rings. The van der Waals surface area contributed by atoms with Crippen LogP contribution in [0.5, 0.6) is 5.75 Å². The smallest absolute Gasteiger partial charge is 0.258 e. The summed E-state index contributed by atoms with van der Waals surface area (Å²) in [6.07, 6.45) is 8.17. The van der Waals surface area contributed by atoms with Crippen LogP contribution in [0.2, 0.25) is 0 Å². The Labute approximate surface area is 154 Å². The molecule has 6 heteroatoms. The number of nitrogens with zero attached hydrogens (tertiary/aromatic N) is 3. The van der Waals surface area contributed by atoms with Crippen LogP contribution in [-0.4, -0.2) is 35.1 Å². The Morgan fingerprint density at radius 1 is 1.04 bits per heavy atom. The summed E-state index contributed by atoms with van der Waals surface area (Å²) in [7, 11) is 0. The Morgan fingerprint density at radius 2 is 1.65 bits per heavy atom. The molecule has 1 aliphatic heterocycles. The summed E-state index contributed by atoms with van der Waals surface area (Å²) in [5.41, 5.74) is 1.16. The van der Waals surface area contributed by atoms with Crippen LogP contribution >= 0.6 is 0 Å². The van der Waals surface area contributed by atoms with Crippen LogP contribution in [0.3, 0.4) is 0 Å². The summed E-state index contributed by atoms with van der Waals surface area (Å²) < 4.78 is 5.60. The van der Waals surface area contributed by atoms with Crippen molar-refractivity contribution in [2.75, 3.05) is 23.3 Å². The maximum Gasteiger partial charge on any atom is 0.258 e. The molecule has 0 radical (unpaired) electrons. The Bertz CT molecular complexity index is 706.